The van der Waals surface area contributed by atoms with E-state index in [9.17, 15) is 15.0 Å². The third-order valence-electron chi connectivity index (χ3n) is 5.26. The van der Waals surface area contributed by atoms with Crippen molar-refractivity contribution in [1.82, 2.24) is 0 Å². The van der Waals surface area contributed by atoms with Crippen LogP contribution in [0.5, 0.6) is 0 Å². The second-order valence-electron chi connectivity index (χ2n) is 7.31. The SMILES string of the molecule is CCCCCC(O)C=C[C@H]1C(O)CC2OC(=CCCCC(=O)O)C[C@@H]21. The van der Waals surface area contributed by atoms with Crippen LogP contribution in [0.15, 0.2) is 24.0 Å². The fourth-order valence-electron chi connectivity index (χ4n) is 3.86. The van der Waals surface area contributed by atoms with Crippen molar-refractivity contribution in [3.05, 3.63) is 24.0 Å². The summed E-state index contributed by atoms with van der Waals surface area (Å²) < 4.78 is 5.94. The Kier molecular flexibility index (Phi) is 7.97. The minimum Gasteiger partial charge on any atom is -0.495 e. The van der Waals surface area contributed by atoms with E-state index in [1.54, 1.807) is 0 Å². The van der Waals surface area contributed by atoms with Crippen LogP contribution in [-0.2, 0) is 9.53 Å². The molecule has 2 aliphatic rings. The number of hydrogen-bond donors (Lipinski definition) is 3. The number of hydrogen-bond acceptors (Lipinski definition) is 4. The molecule has 142 valence electrons. The predicted molar refractivity (Wildman–Crippen MR) is 96.0 cm³/mol. The Hall–Kier alpha value is -1.33. The first kappa shape index (κ1) is 20.0. The van der Waals surface area contributed by atoms with E-state index in [4.69, 9.17) is 9.84 Å². The first-order chi connectivity index (χ1) is 12.0. The Balaban J connectivity index is 1.83. The quantitative estimate of drug-likeness (QED) is 0.414. The lowest BCUT2D eigenvalue weighted by Crippen LogP contribution is -2.18. The van der Waals surface area contributed by atoms with E-state index in [1.807, 2.05) is 18.2 Å². The summed E-state index contributed by atoms with van der Waals surface area (Å²) in [6.45, 7) is 2.14. The minimum atomic E-state index is -0.770. The number of unbranched alkanes of at least 4 members (excludes halogenated alkanes) is 3. The van der Waals surface area contributed by atoms with Crippen LogP contribution in [0.1, 0.15) is 64.7 Å². The highest BCUT2D eigenvalue weighted by Gasteiger charge is 2.46. The maximum Gasteiger partial charge on any atom is 0.303 e. The molecule has 1 heterocycles. The fraction of sp³-hybridized carbons (Fsp3) is 0.750. The van der Waals surface area contributed by atoms with Crippen molar-refractivity contribution in [2.45, 2.75) is 83.0 Å². The van der Waals surface area contributed by atoms with E-state index < -0.39 is 18.2 Å². The Bertz CT molecular complexity index is 484. The minimum absolute atomic E-state index is 0.0238. The summed E-state index contributed by atoms with van der Waals surface area (Å²) in [5.74, 6) is 0.429. The molecule has 2 fully saturated rings. The number of aliphatic hydroxyl groups excluding tert-OH is 2. The number of carboxylic acids is 1. The molecule has 0 aromatic rings. The van der Waals surface area contributed by atoms with Crippen molar-refractivity contribution in [1.29, 1.82) is 0 Å². The molecule has 1 saturated carbocycles. The Morgan fingerprint density at radius 3 is 2.88 bits per heavy atom. The number of aliphatic hydroxyl groups is 2. The van der Waals surface area contributed by atoms with Gasteiger partial charge in [-0.2, -0.15) is 0 Å². The largest absolute Gasteiger partial charge is 0.495 e. The average Bonchev–Trinajstić information content (AvgIpc) is 3.06. The molecule has 0 amide bonds. The first-order valence-corrected chi connectivity index (χ1v) is 9.63. The third kappa shape index (κ3) is 6.15. The van der Waals surface area contributed by atoms with Gasteiger partial charge in [0.15, 0.2) is 0 Å². The number of carboxylic acid groups (broad SMARTS) is 1. The number of aliphatic carboxylic acids is 1. The zero-order valence-electron chi connectivity index (χ0n) is 15.1. The summed E-state index contributed by atoms with van der Waals surface area (Å²) in [6.07, 6.45) is 12.0. The van der Waals surface area contributed by atoms with Crippen LogP contribution in [0.4, 0.5) is 0 Å². The fourth-order valence-corrected chi connectivity index (χ4v) is 3.86. The van der Waals surface area contributed by atoms with Crippen molar-refractivity contribution < 1.29 is 24.9 Å². The molecule has 25 heavy (non-hydrogen) atoms. The summed E-state index contributed by atoms with van der Waals surface area (Å²) in [6, 6.07) is 0. The van der Waals surface area contributed by atoms with Crippen molar-refractivity contribution in [3.8, 4) is 0 Å². The lowest BCUT2D eigenvalue weighted by molar-refractivity contribution is -0.137. The zero-order chi connectivity index (χ0) is 18.2. The number of allylic oxidation sites excluding steroid dienone is 2. The van der Waals surface area contributed by atoms with E-state index >= 15 is 0 Å². The second kappa shape index (κ2) is 9.97. The van der Waals surface area contributed by atoms with Crippen LogP contribution >= 0.6 is 0 Å². The maximum atomic E-state index is 10.5. The average molecular weight is 352 g/mol. The van der Waals surface area contributed by atoms with E-state index in [0.29, 0.717) is 19.3 Å². The van der Waals surface area contributed by atoms with Gasteiger partial charge in [0.25, 0.3) is 0 Å². The molecule has 1 aliphatic heterocycles. The molecule has 2 rings (SSSR count). The maximum absolute atomic E-state index is 10.5. The van der Waals surface area contributed by atoms with Crippen LogP contribution in [0.25, 0.3) is 0 Å². The van der Waals surface area contributed by atoms with Crippen LogP contribution in [0, 0.1) is 11.8 Å². The zero-order valence-corrected chi connectivity index (χ0v) is 15.1. The van der Waals surface area contributed by atoms with Gasteiger partial charge < -0.3 is 20.1 Å². The normalized spacial score (nSPS) is 31.4. The Labute approximate surface area is 150 Å². The summed E-state index contributed by atoms with van der Waals surface area (Å²) in [7, 11) is 0. The molecule has 0 aromatic heterocycles. The highest BCUT2D eigenvalue weighted by atomic mass is 16.5. The van der Waals surface area contributed by atoms with Gasteiger partial charge in [-0.05, 0) is 25.3 Å². The number of carbonyl (C=O) groups is 1. The van der Waals surface area contributed by atoms with Gasteiger partial charge in [0.1, 0.15) is 6.10 Å². The molecule has 3 unspecified atom stereocenters. The highest BCUT2D eigenvalue weighted by Crippen LogP contribution is 2.45. The van der Waals surface area contributed by atoms with Crippen molar-refractivity contribution >= 4 is 5.97 Å². The van der Waals surface area contributed by atoms with E-state index in [1.165, 1.54) is 0 Å². The van der Waals surface area contributed by atoms with Gasteiger partial charge in [-0.25, -0.2) is 0 Å². The smallest absolute Gasteiger partial charge is 0.303 e. The van der Waals surface area contributed by atoms with Gasteiger partial charge in [-0.1, -0.05) is 38.3 Å². The summed E-state index contributed by atoms with van der Waals surface area (Å²) in [4.78, 5) is 10.5. The lowest BCUT2D eigenvalue weighted by Gasteiger charge is -2.16. The van der Waals surface area contributed by atoms with Gasteiger partial charge in [0, 0.05) is 31.1 Å². The monoisotopic (exact) mass is 352 g/mol. The standard InChI is InChI=1S/C20H32O5/c1-2-3-4-7-14(21)10-11-16-17-12-15(8-5-6-9-20(23)24)25-19(17)13-18(16)22/h8,10-11,14,16-19,21-22H,2-7,9,12-13H2,1H3,(H,23,24)/t14?,16-,17-,18?,19?/m1/s1. The van der Waals surface area contributed by atoms with Crippen LogP contribution in [0.2, 0.25) is 0 Å². The van der Waals surface area contributed by atoms with E-state index in [0.717, 1.165) is 37.9 Å². The molecule has 3 N–H and O–H groups in total. The van der Waals surface area contributed by atoms with E-state index in [2.05, 4.69) is 6.92 Å². The summed E-state index contributed by atoms with van der Waals surface area (Å²) in [5.41, 5.74) is 0. The molecular weight excluding hydrogens is 320 g/mol. The molecule has 5 atom stereocenters. The van der Waals surface area contributed by atoms with Crippen LogP contribution in [-0.4, -0.2) is 39.6 Å². The van der Waals surface area contributed by atoms with Crippen molar-refractivity contribution in [2.75, 3.05) is 0 Å². The summed E-state index contributed by atoms with van der Waals surface area (Å²) >= 11 is 0. The molecule has 0 radical (unpaired) electrons. The topological polar surface area (TPSA) is 87.0 Å². The molecule has 5 nitrogen and oxygen atoms in total. The number of ether oxygens (including phenoxy) is 1. The Morgan fingerprint density at radius 1 is 1.36 bits per heavy atom. The van der Waals surface area contributed by atoms with Gasteiger partial charge in [-0.15, -0.1) is 0 Å². The second-order valence-corrected chi connectivity index (χ2v) is 7.31. The van der Waals surface area contributed by atoms with Gasteiger partial charge >= 0.3 is 5.97 Å². The highest BCUT2D eigenvalue weighted by molar-refractivity contribution is 5.66. The number of rotatable bonds is 10. The van der Waals surface area contributed by atoms with E-state index in [-0.39, 0.29) is 24.4 Å². The van der Waals surface area contributed by atoms with Crippen molar-refractivity contribution in [2.24, 2.45) is 11.8 Å². The lowest BCUT2D eigenvalue weighted by atomic mass is 9.90. The summed E-state index contributed by atoms with van der Waals surface area (Å²) in [5, 5.41) is 29.0. The molecular formula is C20H32O5. The van der Waals surface area contributed by atoms with Crippen molar-refractivity contribution in [3.63, 3.8) is 0 Å². The van der Waals surface area contributed by atoms with Gasteiger partial charge in [0.05, 0.1) is 18.0 Å². The molecule has 1 saturated heterocycles. The molecule has 0 spiro atoms. The molecule has 0 bridgehead atoms. The molecule has 5 heteroatoms. The Morgan fingerprint density at radius 2 is 2.16 bits per heavy atom. The van der Waals surface area contributed by atoms with Gasteiger partial charge in [-0.3, -0.25) is 4.79 Å². The van der Waals surface area contributed by atoms with Crippen LogP contribution in [0.3, 0.4) is 0 Å². The third-order valence-corrected chi connectivity index (χ3v) is 5.26. The number of fused-ring (bicyclic) bond motifs is 1. The molecule has 1 aliphatic carbocycles. The molecule has 0 aromatic carbocycles. The van der Waals surface area contributed by atoms with Crippen LogP contribution < -0.4 is 0 Å². The van der Waals surface area contributed by atoms with Gasteiger partial charge in [0.2, 0.25) is 0 Å². The predicted octanol–water partition coefficient (Wildman–Crippen LogP) is 3.41. The first-order valence-electron chi connectivity index (χ1n) is 9.63.